The third kappa shape index (κ3) is 3.48. The topological polar surface area (TPSA) is 58.2 Å². The Bertz CT molecular complexity index is 798. The normalized spacial score (nSPS) is 18.8. The lowest BCUT2D eigenvalue weighted by Crippen LogP contribution is -2.21. The zero-order chi connectivity index (χ0) is 17.3. The Morgan fingerprint density at radius 3 is 2.29 bits per heavy atom. The van der Waals surface area contributed by atoms with Crippen LogP contribution in [0.1, 0.15) is 23.1 Å². The van der Waals surface area contributed by atoms with Gasteiger partial charge in [-0.05, 0) is 62.1 Å². The van der Waals surface area contributed by atoms with Gasteiger partial charge >= 0.3 is 0 Å². The lowest BCUT2D eigenvalue weighted by Gasteiger charge is -2.10. The molecule has 0 spiro atoms. The van der Waals surface area contributed by atoms with E-state index in [9.17, 15) is 9.59 Å². The van der Waals surface area contributed by atoms with E-state index in [0.717, 1.165) is 28.1 Å². The maximum atomic E-state index is 12.4. The van der Waals surface area contributed by atoms with Crippen LogP contribution in [0.4, 0.5) is 11.4 Å². The molecule has 124 valence electrons. The first-order chi connectivity index (χ1) is 11.5. The van der Waals surface area contributed by atoms with Crippen molar-refractivity contribution < 1.29 is 9.59 Å². The number of rotatable bonds is 4. The zero-order valence-corrected chi connectivity index (χ0v) is 14.2. The van der Waals surface area contributed by atoms with Crippen molar-refractivity contribution in [3.63, 3.8) is 0 Å². The van der Waals surface area contributed by atoms with Crippen LogP contribution in [0.15, 0.2) is 42.5 Å². The number of aryl methyl sites for hydroxylation is 2. The molecule has 24 heavy (non-hydrogen) atoms. The second-order valence-electron chi connectivity index (χ2n) is 6.54. The summed E-state index contributed by atoms with van der Waals surface area (Å²) in [6.45, 7) is 5.98. The quantitative estimate of drug-likeness (QED) is 0.899. The van der Waals surface area contributed by atoms with Crippen LogP contribution in [-0.2, 0) is 9.59 Å². The van der Waals surface area contributed by atoms with Crippen molar-refractivity contribution in [1.82, 2.24) is 0 Å². The predicted octanol–water partition coefficient (Wildman–Crippen LogP) is 3.83. The van der Waals surface area contributed by atoms with Gasteiger partial charge in [-0.25, -0.2) is 0 Å². The first-order valence-electron chi connectivity index (χ1n) is 8.20. The van der Waals surface area contributed by atoms with E-state index in [2.05, 4.69) is 10.6 Å². The fraction of sp³-hybridized carbons (Fsp3) is 0.300. The van der Waals surface area contributed by atoms with E-state index in [1.54, 1.807) is 0 Å². The number of benzene rings is 2. The SMILES string of the molecule is Cc1cccc(NC(=O)C2CC2C(=O)Nc2cccc(C)c2C)c1. The van der Waals surface area contributed by atoms with Gasteiger partial charge in [-0.3, -0.25) is 9.59 Å². The fourth-order valence-corrected chi connectivity index (χ4v) is 2.84. The summed E-state index contributed by atoms with van der Waals surface area (Å²) in [4.78, 5) is 24.7. The highest BCUT2D eigenvalue weighted by Crippen LogP contribution is 2.40. The molecule has 0 aliphatic heterocycles. The molecule has 4 heteroatoms. The molecule has 4 nitrogen and oxygen atoms in total. The standard InChI is InChI=1S/C20H22N2O2/c1-12-6-4-8-15(10-12)21-19(23)16-11-17(16)20(24)22-18-9-5-7-13(2)14(18)3/h4-10,16-17H,11H2,1-3H3,(H,21,23)(H,22,24). The Kier molecular flexibility index (Phi) is 4.38. The molecule has 0 radical (unpaired) electrons. The third-order valence-electron chi connectivity index (χ3n) is 4.61. The van der Waals surface area contributed by atoms with Crippen molar-refractivity contribution in [3.8, 4) is 0 Å². The lowest BCUT2D eigenvalue weighted by atomic mass is 10.1. The van der Waals surface area contributed by atoms with Crippen molar-refractivity contribution in [2.75, 3.05) is 10.6 Å². The van der Waals surface area contributed by atoms with E-state index in [4.69, 9.17) is 0 Å². The van der Waals surface area contributed by atoms with Crippen molar-refractivity contribution in [2.45, 2.75) is 27.2 Å². The molecule has 1 aliphatic carbocycles. The van der Waals surface area contributed by atoms with Gasteiger partial charge in [-0.1, -0.05) is 24.3 Å². The molecule has 1 fully saturated rings. The summed E-state index contributed by atoms with van der Waals surface area (Å²) >= 11 is 0. The molecule has 2 aromatic rings. The van der Waals surface area contributed by atoms with E-state index >= 15 is 0 Å². The van der Waals surface area contributed by atoms with Crippen LogP contribution in [0.2, 0.25) is 0 Å². The van der Waals surface area contributed by atoms with Crippen LogP contribution >= 0.6 is 0 Å². The maximum Gasteiger partial charge on any atom is 0.228 e. The molecular formula is C20H22N2O2. The third-order valence-corrected chi connectivity index (χ3v) is 4.61. The Morgan fingerprint density at radius 2 is 1.58 bits per heavy atom. The molecule has 0 aromatic heterocycles. The van der Waals surface area contributed by atoms with Gasteiger partial charge < -0.3 is 10.6 Å². The van der Waals surface area contributed by atoms with Gasteiger partial charge in [0.2, 0.25) is 11.8 Å². The number of carbonyl (C=O) groups excluding carboxylic acids is 2. The van der Waals surface area contributed by atoms with Crippen LogP contribution in [0.5, 0.6) is 0 Å². The van der Waals surface area contributed by atoms with Crippen LogP contribution in [0.25, 0.3) is 0 Å². The first kappa shape index (κ1) is 16.2. The van der Waals surface area contributed by atoms with Gasteiger partial charge in [0, 0.05) is 11.4 Å². The smallest absolute Gasteiger partial charge is 0.228 e. The van der Waals surface area contributed by atoms with Crippen LogP contribution < -0.4 is 10.6 Å². The Labute approximate surface area is 142 Å². The average Bonchev–Trinajstić information content (AvgIpc) is 3.32. The van der Waals surface area contributed by atoms with Gasteiger partial charge in [0.25, 0.3) is 0 Å². The molecule has 2 N–H and O–H groups in total. The summed E-state index contributed by atoms with van der Waals surface area (Å²) in [6.07, 6.45) is 0.606. The molecule has 0 bridgehead atoms. The molecule has 3 rings (SSSR count). The minimum Gasteiger partial charge on any atom is -0.326 e. The van der Waals surface area contributed by atoms with E-state index < -0.39 is 0 Å². The van der Waals surface area contributed by atoms with Crippen LogP contribution in [0.3, 0.4) is 0 Å². The number of nitrogens with one attached hydrogen (secondary N) is 2. The maximum absolute atomic E-state index is 12.4. The minimum absolute atomic E-state index is 0.0758. The molecule has 0 heterocycles. The summed E-state index contributed by atoms with van der Waals surface area (Å²) < 4.78 is 0. The predicted molar refractivity (Wildman–Crippen MR) is 96.0 cm³/mol. The van der Waals surface area contributed by atoms with Crippen LogP contribution in [0, 0.1) is 32.6 Å². The molecular weight excluding hydrogens is 300 g/mol. The van der Waals surface area contributed by atoms with Crippen molar-refractivity contribution in [1.29, 1.82) is 0 Å². The van der Waals surface area contributed by atoms with Gasteiger partial charge in [0.15, 0.2) is 0 Å². The summed E-state index contributed by atoms with van der Waals surface area (Å²) in [5.41, 5.74) is 4.89. The fourth-order valence-electron chi connectivity index (χ4n) is 2.84. The first-order valence-corrected chi connectivity index (χ1v) is 8.20. The summed E-state index contributed by atoms with van der Waals surface area (Å²) in [5, 5.41) is 5.85. The molecule has 2 amide bonds. The highest BCUT2D eigenvalue weighted by Gasteiger charge is 2.48. The summed E-state index contributed by atoms with van der Waals surface area (Å²) in [6, 6.07) is 13.5. The number of anilines is 2. The van der Waals surface area contributed by atoms with E-state index in [1.165, 1.54) is 0 Å². The summed E-state index contributed by atoms with van der Waals surface area (Å²) in [7, 11) is 0. The van der Waals surface area contributed by atoms with Crippen molar-refractivity contribution >= 4 is 23.2 Å². The molecule has 2 aromatic carbocycles. The van der Waals surface area contributed by atoms with Gasteiger partial charge in [-0.2, -0.15) is 0 Å². The van der Waals surface area contributed by atoms with Gasteiger partial charge in [0.1, 0.15) is 0 Å². The second kappa shape index (κ2) is 6.48. The van der Waals surface area contributed by atoms with Crippen LogP contribution in [-0.4, -0.2) is 11.8 Å². The number of hydrogen-bond acceptors (Lipinski definition) is 2. The molecule has 2 atom stereocenters. The zero-order valence-electron chi connectivity index (χ0n) is 14.2. The van der Waals surface area contributed by atoms with E-state index in [-0.39, 0.29) is 23.7 Å². The largest absolute Gasteiger partial charge is 0.326 e. The Morgan fingerprint density at radius 1 is 0.917 bits per heavy atom. The van der Waals surface area contributed by atoms with Gasteiger partial charge in [0.05, 0.1) is 11.8 Å². The molecule has 2 unspecified atom stereocenters. The highest BCUT2D eigenvalue weighted by molar-refractivity contribution is 6.03. The number of amides is 2. The van der Waals surface area contributed by atoms with E-state index in [1.807, 2.05) is 63.2 Å². The average molecular weight is 322 g/mol. The Balaban J connectivity index is 1.59. The van der Waals surface area contributed by atoms with Gasteiger partial charge in [-0.15, -0.1) is 0 Å². The second-order valence-corrected chi connectivity index (χ2v) is 6.54. The number of hydrogen-bond donors (Lipinski definition) is 2. The highest BCUT2D eigenvalue weighted by atomic mass is 16.2. The lowest BCUT2D eigenvalue weighted by molar-refractivity contribution is -0.122. The minimum atomic E-state index is -0.241. The van der Waals surface area contributed by atoms with Crippen molar-refractivity contribution in [3.05, 3.63) is 59.2 Å². The molecule has 1 aliphatic rings. The van der Waals surface area contributed by atoms with E-state index in [0.29, 0.717) is 6.42 Å². The summed E-state index contributed by atoms with van der Waals surface area (Å²) in [5.74, 6) is -0.639. The van der Waals surface area contributed by atoms with Crippen molar-refractivity contribution in [2.24, 2.45) is 11.8 Å². The monoisotopic (exact) mass is 322 g/mol. The number of carbonyl (C=O) groups is 2. The molecule has 1 saturated carbocycles. The molecule has 0 saturated heterocycles. The Hall–Kier alpha value is -2.62.